The molecule has 0 fully saturated rings. The highest BCUT2D eigenvalue weighted by Crippen LogP contribution is 2.21. The van der Waals surface area contributed by atoms with Crippen LogP contribution in [0.2, 0.25) is 0 Å². The average Bonchev–Trinajstić information content (AvgIpc) is 2.48. The Morgan fingerprint density at radius 3 is 2.43 bits per heavy atom. The van der Waals surface area contributed by atoms with E-state index in [1.54, 1.807) is 18.2 Å². The Kier molecular flexibility index (Phi) is 5.69. The second kappa shape index (κ2) is 7.74. The van der Waals surface area contributed by atoms with Gasteiger partial charge in [0, 0.05) is 12.1 Å². The van der Waals surface area contributed by atoms with Crippen LogP contribution in [0.25, 0.3) is 0 Å². The Hall–Kier alpha value is -1.94. The molecule has 0 heterocycles. The molecule has 0 aliphatic rings. The summed E-state index contributed by atoms with van der Waals surface area (Å²) in [5.41, 5.74) is 1.65. The third kappa shape index (κ3) is 4.83. The van der Waals surface area contributed by atoms with Crippen LogP contribution in [0.3, 0.4) is 0 Å². The van der Waals surface area contributed by atoms with E-state index < -0.39 is 0 Å². The quantitative estimate of drug-likeness (QED) is 0.777. The number of ether oxygens (including phenoxy) is 1. The zero-order chi connectivity index (χ0) is 15.1. The smallest absolute Gasteiger partial charge is 0.124 e. The van der Waals surface area contributed by atoms with Crippen molar-refractivity contribution in [1.82, 2.24) is 5.32 Å². The van der Waals surface area contributed by atoms with Gasteiger partial charge in [0.15, 0.2) is 0 Å². The van der Waals surface area contributed by atoms with Gasteiger partial charge in [-0.25, -0.2) is 8.78 Å². The molecular weight excluding hydrogens is 272 g/mol. The van der Waals surface area contributed by atoms with E-state index in [1.807, 2.05) is 0 Å². The van der Waals surface area contributed by atoms with Gasteiger partial charge in [-0.3, -0.25) is 0 Å². The fourth-order valence-electron chi connectivity index (χ4n) is 1.97. The largest absolute Gasteiger partial charge is 0.489 e. The zero-order valence-corrected chi connectivity index (χ0v) is 12.0. The van der Waals surface area contributed by atoms with Crippen molar-refractivity contribution >= 4 is 0 Å². The number of hydrogen-bond donors (Lipinski definition) is 1. The van der Waals surface area contributed by atoms with E-state index >= 15 is 0 Å². The van der Waals surface area contributed by atoms with Gasteiger partial charge in [0.25, 0.3) is 0 Å². The Labute approximate surface area is 123 Å². The van der Waals surface area contributed by atoms with E-state index in [-0.39, 0.29) is 11.6 Å². The molecule has 2 rings (SSSR count). The van der Waals surface area contributed by atoms with E-state index in [2.05, 4.69) is 12.2 Å². The van der Waals surface area contributed by atoms with Crippen molar-refractivity contribution in [2.24, 2.45) is 0 Å². The first-order valence-corrected chi connectivity index (χ1v) is 7.05. The number of rotatable bonds is 7. The van der Waals surface area contributed by atoms with Crippen molar-refractivity contribution in [3.05, 3.63) is 65.2 Å². The monoisotopic (exact) mass is 291 g/mol. The highest BCUT2D eigenvalue weighted by atomic mass is 19.1. The van der Waals surface area contributed by atoms with E-state index in [1.165, 1.54) is 24.3 Å². The van der Waals surface area contributed by atoms with Crippen LogP contribution in [0, 0.1) is 11.6 Å². The van der Waals surface area contributed by atoms with Crippen molar-refractivity contribution in [1.29, 1.82) is 0 Å². The van der Waals surface area contributed by atoms with Crippen LogP contribution in [0.4, 0.5) is 8.78 Å². The summed E-state index contributed by atoms with van der Waals surface area (Å²) in [7, 11) is 0. The molecule has 1 N–H and O–H groups in total. The van der Waals surface area contributed by atoms with E-state index in [0.717, 1.165) is 24.1 Å². The van der Waals surface area contributed by atoms with Gasteiger partial charge >= 0.3 is 0 Å². The van der Waals surface area contributed by atoms with Gasteiger partial charge in [0.1, 0.15) is 24.0 Å². The van der Waals surface area contributed by atoms with Gasteiger partial charge < -0.3 is 10.1 Å². The van der Waals surface area contributed by atoms with Gasteiger partial charge in [-0.05, 0) is 48.9 Å². The second-order valence-corrected chi connectivity index (χ2v) is 4.84. The lowest BCUT2D eigenvalue weighted by atomic mass is 10.2. The molecule has 0 aliphatic heterocycles. The molecule has 2 aromatic rings. The summed E-state index contributed by atoms with van der Waals surface area (Å²) in [6, 6.07) is 10.6. The number of nitrogens with one attached hydrogen (secondary N) is 1. The second-order valence-electron chi connectivity index (χ2n) is 4.84. The van der Waals surface area contributed by atoms with Crippen LogP contribution in [0.15, 0.2) is 42.5 Å². The molecule has 2 aromatic carbocycles. The molecule has 0 saturated heterocycles. The predicted octanol–water partition coefficient (Wildman–Crippen LogP) is 4.04. The van der Waals surface area contributed by atoms with E-state index in [9.17, 15) is 8.78 Å². The Balaban J connectivity index is 2.02. The molecule has 0 unspecified atom stereocenters. The lowest BCUT2D eigenvalue weighted by molar-refractivity contribution is 0.301. The third-order valence-electron chi connectivity index (χ3n) is 3.07. The molecule has 4 heteroatoms. The van der Waals surface area contributed by atoms with Crippen molar-refractivity contribution in [3.8, 4) is 5.75 Å². The zero-order valence-electron chi connectivity index (χ0n) is 12.0. The molecule has 0 aliphatic carbocycles. The number of hydrogen-bond acceptors (Lipinski definition) is 2. The van der Waals surface area contributed by atoms with Crippen LogP contribution < -0.4 is 10.1 Å². The minimum Gasteiger partial charge on any atom is -0.489 e. The van der Waals surface area contributed by atoms with Crippen molar-refractivity contribution in [2.45, 2.75) is 26.5 Å². The SMILES string of the molecule is CCCNCc1cc(F)ccc1OCc1ccc(F)cc1. The molecule has 0 bridgehead atoms. The number of benzene rings is 2. The molecule has 0 atom stereocenters. The minimum absolute atomic E-state index is 0.273. The van der Waals surface area contributed by atoms with Crippen LogP contribution in [0.1, 0.15) is 24.5 Å². The Bertz CT molecular complexity index is 570. The fraction of sp³-hybridized carbons (Fsp3) is 0.294. The summed E-state index contributed by atoms with van der Waals surface area (Å²) in [5.74, 6) is 0.0896. The molecule has 0 aromatic heterocycles. The molecule has 0 spiro atoms. The molecular formula is C17H19F2NO. The van der Waals surface area contributed by atoms with Gasteiger partial charge in [-0.1, -0.05) is 19.1 Å². The topological polar surface area (TPSA) is 21.3 Å². The van der Waals surface area contributed by atoms with Gasteiger partial charge in [-0.2, -0.15) is 0 Å². The van der Waals surface area contributed by atoms with Gasteiger partial charge in [0.05, 0.1) is 0 Å². The van der Waals surface area contributed by atoms with E-state index in [4.69, 9.17) is 4.74 Å². The highest BCUT2D eigenvalue weighted by Gasteiger charge is 2.06. The third-order valence-corrected chi connectivity index (χ3v) is 3.07. The van der Waals surface area contributed by atoms with Crippen molar-refractivity contribution < 1.29 is 13.5 Å². The maximum Gasteiger partial charge on any atom is 0.124 e. The van der Waals surface area contributed by atoms with Gasteiger partial charge in [0.2, 0.25) is 0 Å². The van der Waals surface area contributed by atoms with Crippen molar-refractivity contribution in [2.75, 3.05) is 6.54 Å². The Morgan fingerprint density at radius 1 is 1.00 bits per heavy atom. The maximum atomic E-state index is 13.3. The molecule has 21 heavy (non-hydrogen) atoms. The lowest BCUT2D eigenvalue weighted by Crippen LogP contribution is -2.15. The lowest BCUT2D eigenvalue weighted by Gasteiger charge is -2.12. The van der Waals surface area contributed by atoms with Crippen LogP contribution >= 0.6 is 0 Å². The first-order chi connectivity index (χ1) is 10.2. The summed E-state index contributed by atoms with van der Waals surface area (Å²) in [4.78, 5) is 0. The fourth-order valence-corrected chi connectivity index (χ4v) is 1.97. The van der Waals surface area contributed by atoms with Crippen LogP contribution in [-0.4, -0.2) is 6.54 Å². The summed E-state index contributed by atoms with van der Waals surface area (Å²) in [6.45, 7) is 3.83. The Morgan fingerprint density at radius 2 is 1.71 bits per heavy atom. The summed E-state index contributed by atoms with van der Waals surface area (Å²) < 4.78 is 31.9. The predicted molar refractivity (Wildman–Crippen MR) is 79.1 cm³/mol. The summed E-state index contributed by atoms with van der Waals surface area (Å²) in [6.07, 6.45) is 1.01. The molecule has 0 amide bonds. The standard InChI is InChI=1S/C17H19F2NO/c1-2-9-20-11-14-10-16(19)7-8-17(14)21-12-13-3-5-15(18)6-4-13/h3-8,10,20H,2,9,11-12H2,1H3. The van der Waals surface area contributed by atoms with Crippen LogP contribution in [-0.2, 0) is 13.2 Å². The molecule has 0 radical (unpaired) electrons. The van der Waals surface area contributed by atoms with Crippen LogP contribution in [0.5, 0.6) is 5.75 Å². The van der Waals surface area contributed by atoms with Crippen molar-refractivity contribution in [3.63, 3.8) is 0 Å². The number of halogens is 2. The first kappa shape index (κ1) is 15.4. The summed E-state index contributed by atoms with van der Waals surface area (Å²) >= 11 is 0. The molecule has 0 saturated carbocycles. The highest BCUT2D eigenvalue weighted by molar-refractivity contribution is 5.34. The minimum atomic E-state index is -0.280. The average molecular weight is 291 g/mol. The molecule has 2 nitrogen and oxygen atoms in total. The van der Waals surface area contributed by atoms with E-state index in [0.29, 0.717) is 18.9 Å². The normalized spacial score (nSPS) is 10.6. The maximum absolute atomic E-state index is 13.3. The summed E-state index contributed by atoms with van der Waals surface area (Å²) in [5, 5.41) is 3.23. The van der Waals surface area contributed by atoms with Gasteiger partial charge in [-0.15, -0.1) is 0 Å². The first-order valence-electron chi connectivity index (χ1n) is 7.05. The molecule has 112 valence electrons.